The number of hydrogen-bond acceptors (Lipinski definition) is 5. The molecule has 4 aromatic carbocycles. The van der Waals surface area contributed by atoms with Crippen LogP contribution in [-0.4, -0.2) is 0 Å². The maximum absolute atomic E-state index is 4.15. The molecule has 4 aromatic rings. The van der Waals surface area contributed by atoms with E-state index in [2.05, 4.69) is 133 Å². The van der Waals surface area contributed by atoms with Gasteiger partial charge in [-0.1, -0.05) is 148 Å². The molecule has 7 heteroatoms. The Morgan fingerprint density at radius 3 is 1.23 bits per heavy atom. The maximum Gasteiger partial charge on any atom is 0.0337 e. The van der Waals surface area contributed by atoms with Gasteiger partial charge in [0.05, 0.1) is 0 Å². The molecule has 0 radical (unpaired) electrons. The summed E-state index contributed by atoms with van der Waals surface area (Å²) in [6, 6.07) is 22.2. The van der Waals surface area contributed by atoms with E-state index in [1.807, 2.05) is 33.4 Å². The van der Waals surface area contributed by atoms with Crippen LogP contribution in [0.5, 0.6) is 0 Å². The molecule has 0 amide bonds. The van der Waals surface area contributed by atoms with E-state index in [9.17, 15) is 0 Å². The fourth-order valence-electron chi connectivity index (χ4n) is 5.42. The van der Waals surface area contributed by atoms with Crippen LogP contribution in [0, 0.1) is 0 Å². The highest BCUT2D eigenvalue weighted by molar-refractivity contribution is 9.10. The van der Waals surface area contributed by atoms with Gasteiger partial charge in [0, 0.05) is 38.3 Å². The summed E-state index contributed by atoms with van der Waals surface area (Å²) in [5.74, 6) is 0. The van der Waals surface area contributed by atoms with E-state index in [1.54, 1.807) is 47.0 Å². The average Bonchev–Trinajstić information content (AvgIpc) is 3.07. The van der Waals surface area contributed by atoms with Gasteiger partial charge in [-0.25, -0.2) is 0 Å². The average molecular weight is 841 g/mol. The van der Waals surface area contributed by atoms with Crippen molar-refractivity contribution in [3.05, 3.63) is 129 Å². The van der Waals surface area contributed by atoms with E-state index in [4.69, 9.17) is 0 Å². The first-order valence-electron chi connectivity index (χ1n) is 15.6. The normalized spacial score (nSPS) is 11.0. The highest BCUT2D eigenvalue weighted by Gasteiger charge is 2.22. The van der Waals surface area contributed by atoms with Crippen LogP contribution in [0.3, 0.4) is 0 Å². The molecule has 0 aromatic heterocycles. The van der Waals surface area contributed by atoms with Crippen LogP contribution in [0.1, 0.15) is 50.7 Å². The summed E-state index contributed by atoms with van der Waals surface area (Å²) in [4.78, 5) is 7.56. The molecular weight excluding hydrogens is 801 g/mol. The minimum absolute atomic E-state index is 1.01. The first kappa shape index (κ1) is 38.4. The molecule has 0 spiro atoms. The Kier molecular flexibility index (Phi) is 16.0. The van der Waals surface area contributed by atoms with Crippen molar-refractivity contribution in [1.29, 1.82) is 0 Å². The van der Waals surface area contributed by atoms with E-state index in [0.29, 0.717) is 0 Å². The van der Waals surface area contributed by atoms with Crippen LogP contribution in [0.2, 0.25) is 0 Å². The van der Waals surface area contributed by atoms with E-state index < -0.39 is 0 Å². The molecule has 0 atom stereocenters. The zero-order valence-electron chi connectivity index (χ0n) is 27.0. The summed E-state index contributed by atoms with van der Waals surface area (Å²) in [6.07, 6.45) is 6.54. The van der Waals surface area contributed by atoms with Crippen LogP contribution in [-0.2, 0) is 12.8 Å². The summed E-state index contributed by atoms with van der Waals surface area (Å²) >= 11 is 16.3. The van der Waals surface area contributed by atoms with Gasteiger partial charge in [-0.15, -0.1) is 0 Å². The molecule has 4 rings (SSSR count). The largest absolute Gasteiger partial charge is 0.0977 e. The van der Waals surface area contributed by atoms with Gasteiger partial charge in [0.1, 0.15) is 0 Å². The van der Waals surface area contributed by atoms with Crippen molar-refractivity contribution in [2.45, 2.75) is 81.7 Å². The Labute approximate surface area is 320 Å². The van der Waals surface area contributed by atoms with Crippen molar-refractivity contribution in [2.24, 2.45) is 0 Å². The van der Waals surface area contributed by atoms with E-state index in [0.717, 1.165) is 47.5 Å². The summed E-state index contributed by atoms with van der Waals surface area (Å²) in [5.41, 5.74) is 7.69. The van der Waals surface area contributed by atoms with E-state index in [1.165, 1.54) is 62.8 Å². The lowest BCUT2D eigenvalue weighted by Crippen LogP contribution is -1.99. The first-order chi connectivity index (χ1) is 22.9. The Balaban J connectivity index is 1.95. The number of halogens is 2. The van der Waals surface area contributed by atoms with Gasteiger partial charge in [0.15, 0.2) is 0 Å². The summed E-state index contributed by atoms with van der Waals surface area (Å²) in [5, 5.41) is 7.75. The molecule has 0 unspecified atom stereocenters. The second kappa shape index (κ2) is 19.7. The molecule has 0 saturated carbocycles. The zero-order chi connectivity index (χ0) is 33.8. The van der Waals surface area contributed by atoms with Gasteiger partial charge in [0.2, 0.25) is 0 Å². The highest BCUT2D eigenvalue weighted by Crippen LogP contribution is 2.49. The van der Waals surface area contributed by atoms with Crippen molar-refractivity contribution in [1.82, 2.24) is 0 Å². The van der Waals surface area contributed by atoms with Crippen LogP contribution in [0.15, 0.2) is 147 Å². The first-order valence-corrected chi connectivity index (χ1v) is 21.5. The van der Waals surface area contributed by atoms with E-state index in [-0.39, 0.29) is 0 Å². The number of unbranched alkanes of at least 4 members (excludes halogenated alkanes) is 2. The van der Waals surface area contributed by atoms with Crippen molar-refractivity contribution in [2.75, 3.05) is 0 Å². The fourth-order valence-corrected chi connectivity index (χ4v) is 11.0. The molecule has 0 aliphatic rings. The van der Waals surface area contributed by atoms with Crippen molar-refractivity contribution in [3.63, 3.8) is 0 Å². The second-order valence-corrected chi connectivity index (χ2v) is 17.2. The topological polar surface area (TPSA) is 0 Å². The lowest BCUT2D eigenvalue weighted by atomic mass is 9.99. The third kappa shape index (κ3) is 9.42. The van der Waals surface area contributed by atoms with Crippen molar-refractivity contribution in [3.8, 4) is 22.3 Å². The molecular formula is C40H40Br2S5. The second-order valence-electron chi connectivity index (χ2n) is 10.5. The van der Waals surface area contributed by atoms with Crippen LogP contribution in [0.25, 0.3) is 22.3 Å². The van der Waals surface area contributed by atoms with Crippen LogP contribution >= 0.6 is 90.7 Å². The van der Waals surface area contributed by atoms with Crippen LogP contribution in [0.4, 0.5) is 0 Å². The quantitative estimate of drug-likeness (QED) is 0.0913. The third-order valence-electron chi connectivity index (χ3n) is 7.53. The minimum Gasteiger partial charge on any atom is -0.0977 e. The molecule has 0 aliphatic heterocycles. The Bertz CT molecular complexity index is 1620. The fraction of sp³-hybridized carbons (Fsp3) is 0.200. The molecule has 0 nitrogen and oxygen atoms in total. The van der Waals surface area contributed by atoms with Crippen molar-refractivity contribution < 1.29 is 0 Å². The van der Waals surface area contributed by atoms with Gasteiger partial charge in [-0.2, -0.15) is 0 Å². The summed E-state index contributed by atoms with van der Waals surface area (Å²) in [6.45, 7) is 20.8. The van der Waals surface area contributed by atoms with Gasteiger partial charge in [0.25, 0.3) is 0 Å². The third-order valence-corrected chi connectivity index (χ3v) is 14.0. The van der Waals surface area contributed by atoms with Gasteiger partial charge in [-0.3, -0.25) is 0 Å². The predicted molar refractivity (Wildman–Crippen MR) is 225 cm³/mol. The molecule has 0 fully saturated rings. The molecule has 0 N–H and O–H groups in total. The van der Waals surface area contributed by atoms with Gasteiger partial charge < -0.3 is 0 Å². The Morgan fingerprint density at radius 1 is 0.511 bits per heavy atom. The standard InChI is InChI=1S/C40H40Br2S5/c1-7-13-17-31-35(25-23-29(37(31)43-9-3)27-19-15-21-33(41)39(27)45-11-5)47-36-26-24-30(38(44-10-4)32(36)18-14-8-2)28-20-16-22-34(42)40(28)46-12-6/h9-12,15-16,19-26H,3-8,13-14,17-18H2,1-2H3. The molecule has 47 heavy (non-hydrogen) atoms. The highest BCUT2D eigenvalue weighted by atomic mass is 79.9. The number of rotatable bonds is 18. The molecule has 0 saturated heterocycles. The number of hydrogen-bond donors (Lipinski definition) is 0. The Morgan fingerprint density at radius 2 is 0.872 bits per heavy atom. The van der Waals surface area contributed by atoms with Gasteiger partial charge >= 0.3 is 0 Å². The monoisotopic (exact) mass is 838 g/mol. The van der Waals surface area contributed by atoms with Crippen LogP contribution < -0.4 is 0 Å². The SMILES string of the molecule is C=CSc1c(Br)cccc1-c1ccc(Sc2ccc(-c3cccc(Br)c3SC=C)c(SC=C)c2CCCC)c(CCCC)c1SC=C. The lowest BCUT2D eigenvalue weighted by molar-refractivity contribution is 0.770. The predicted octanol–water partition coefficient (Wildman–Crippen LogP) is 16.3. The van der Waals surface area contributed by atoms with E-state index >= 15 is 0 Å². The number of thioether (sulfide) groups is 4. The number of benzene rings is 4. The molecule has 0 aliphatic carbocycles. The maximum atomic E-state index is 4.15. The minimum atomic E-state index is 1.01. The van der Waals surface area contributed by atoms with Crippen molar-refractivity contribution >= 4 is 90.7 Å². The summed E-state index contributed by atoms with van der Waals surface area (Å²) < 4.78 is 2.16. The molecule has 244 valence electrons. The smallest absolute Gasteiger partial charge is 0.0337 e. The molecule has 0 heterocycles. The molecule has 0 bridgehead atoms. The Hall–Kier alpha value is -1.45. The summed E-state index contributed by atoms with van der Waals surface area (Å²) in [7, 11) is 0. The zero-order valence-corrected chi connectivity index (χ0v) is 34.2. The lowest BCUT2D eigenvalue weighted by Gasteiger charge is -2.22. The van der Waals surface area contributed by atoms with Gasteiger partial charge in [-0.05, 0) is 137 Å².